The van der Waals surface area contributed by atoms with Gasteiger partial charge in [0.2, 0.25) is 0 Å². The summed E-state index contributed by atoms with van der Waals surface area (Å²) in [6.07, 6.45) is 36.5. The predicted molar refractivity (Wildman–Crippen MR) is 340 cm³/mol. The number of hydrogen-bond acceptors (Lipinski definition) is 15. The molecule has 0 aromatic heterocycles. The number of ether oxygens (including phenoxy) is 4. The quantitative estimate of drug-likeness (QED) is 0.0222. The van der Waals surface area contributed by atoms with Crippen molar-refractivity contribution in [2.45, 2.75) is 337 Å². The Morgan fingerprint density at radius 3 is 0.729 bits per heavy atom. The number of aliphatic hydroxyl groups is 1. The molecule has 0 fully saturated rings. The summed E-state index contributed by atoms with van der Waals surface area (Å²) in [5.41, 5.74) is 0. The highest BCUT2D eigenvalue weighted by Crippen LogP contribution is 2.45. The van der Waals surface area contributed by atoms with Crippen molar-refractivity contribution in [3.8, 4) is 0 Å². The second kappa shape index (κ2) is 56.1. The van der Waals surface area contributed by atoms with Crippen molar-refractivity contribution >= 4 is 39.5 Å². The highest BCUT2D eigenvalue weighted by molar-refractivity contribution is 7.47. The largest absolute Gasteiger partial charge is 0.472 e. The molecule has 0 heterocycles. The molecule has 0 aliphatic rings. The molecule has 0 rings (SSSR count). The lowest BCUT2D eigenvalue weighted by Crippen LogP contribution is -2.30. The molecule has 0 aliphatic heterocycles. The van der Waals surface area contributed by atoms with Gasteiger partial charge in [-0.2, -0.15) is 0 Å². The first kappa shape index (κ1) is 83.1. The molecule has 85 heavy (non-hydrogen) atoms. The van der Waals surface area contributed by atoms with E-state index in [1.165, 1.54) is 116 Å². The van der Waals surface area contributed by atoms with Crippen molar-refractivity contribution in [2.75, 3.05) is 39.6 Å². The van der Waals surface area contributed by atoms with Crippen LogP contribution in [-0.2, 0) is 65.4 Å². The highest BCUT2D eigenvalue weighted by atomic mass is 31.2. The van der Waals surface area contributed by atoms with Crippen LogP contribution in [0, 0.1) is 23.7 Å². The first-order valence-corrected chi connectivity index (χ1v) is 37.2. The van der Waals surface area contributed by atoms with Crippen LogP contribution in [0.1, 0.15) is 319 Å². The van der Waals surface area contributed by atoms with Gasteiger partial charge in [0.15, 0.2) is 12.2 Å². The lowest BCUT2D eigenvalue weighted by Gasteiger charge is -2.21. The normalized spacial score (nSPS) is 14.4. The molecule has 0 amide bonds. The van der Waals surface area contributed by atoms with E-state index in [-0.39, 0.29) is 25.7 Å². The van der Waals surface area contributed by atoms with Crippen LogP contribution in [0.15, 0.2) is 0 Å². The molecule has 0 aromatic rings. The minimum Gasteiger partial charge on any atom is -0.462 e. The SMILES string of the molecule is CC(C)CCCCCCCCCCCCCCC(=O)O[C@H](COC(=O)CCCCCCCCCCC(C)C)COP(=O)(O)OC[C@@H](O)COP(=O)(O)OC[C@@H](COC(=O)CCCCCCCCC(C)C)OC(=O)CCCCCCCCCC(C)C. The number of unbranched alkanes of at least 4 members (excludes halogenated alkanes) is 29. The number of carbonyl (C=O) groups excluding carboxylic acids is 4. The van der Waals surface area contributed by atoms with E-state index in [2.05, 4.69) is 55.4 Å². The lowest BCUT2D eigenvalue weighted by atomic mass is 10.0. The van der Waals surface area contributed by atoms with Gasteiger partial charge in [0.1, 0.15) is 19.3 Å². The van der Waals surface area contributed by atoms with E-state index in [0.29, 0.717) is 37.5 Å². The van der Waals surface area contributed by atoms with Crippen molar-refractivity contribution in [1.29, 1.82) is 0 Å². The monoisotopic (exact) mass is 1250 g/mol. The second-order valence-corrected chi connectivity index (χ2v) is 28.7. The lowest BCUT2D eigenvalue weighted by molar-refractivity contribution is -0.161. The molecule has 0 saturated carbocycles. The van der Waals surface area contributed by atoms with E-state index >= 15 is 0 Å². The number of rotatable bonds is 63. The van der Waals surface area contributed by atoms with Gasteiger partial charge >= 0.3 is 39.5 Å². The number of esters is 4. The summed E-state index contributed by atoms with van der Waals surface area (Å²) in [6, 6.07) is 0. The van der Waals surface area contributed by atoms with E-state index in [1.807, 2.05) is 0 Å². The van der Waals surface area contributed by atoms with Gasteiger partial charge in [0.05, 0.1) is 26.4 Å². The molecule has 17 nitrogen and oxygen atoms in total. The molecule has 0 aromatic carbocycles. The van der Waals surface area contributed by atoms with Crippen LogP contribution in [-0.4, -0.2) is 96.7 Å². The zero-order chi connectivity index (χ0) is 63.2. The summed E-state index contributed by atoms with van der Waals surface area (Å²) in [5.74, 6) is 0.739. The Kier molecular flexibility index (Phi) is 54.8. The molecule has 0 bridgehead atoms. The molecule has 0 spiro atoms. The molecular weight excluding hydrogens is 1130 g/mol. The van der Waals surface area contributed by atoms with Gasteiger partial charge in [-0.1, -0.05) is 267 Å². The third-order valence-corrected chi connectivity index (χ3v) is 17.0. The van der Waals surface area contributed by atoms with Crippen molar-refractivity contribution in [2.24, 2.45) is 23.7 Å². The average Bonchev–Trinajstić information content (AvgIpc) is 3.47. The Hall–Kier alpha value is -1.94. The van der Waals surface area contributed by atoms with Crippen LogP contribution in [0.3, 0.4) is 0 Å². The molecule has 0 radical (unpaired) electrons. The van der Waals surface area contributed by atoms with Crippen LogP contribution < -0.4 is 0 Å². The van der Waals surface area contributed by atoms with Gasteiger partial charge in [0, 0.05) is 25.7 Å². The van der Waals surface area contributed by atoms with E-state index in [9.17, 15) is 43.2 Å². The minimum absolute atomic E-state index is 0.102. The zero-order valence-electron chi connectivity index (χ0n) is 55.2. The van der Waals surface area contributed by atoms with Crippen molar-refractivity contribution < 1.29 is 80.2 Å². The zero-order valence-corrected chi connectivity index (χ0v) is 57.0. The molecule has 5 atom stereocenters. The van der Waals surface area contributed by atoms with Gasteiger partial charge in [-0.3, -0.25) is 37.3 Å². The first-order valence-electron chi connectivity index (χ1n) is 34.2. The summed E-state index contributed by atoms with van der Waals surface area (Å²) in [6.45, 7) is 13.9. The maximum atomic E-state index is 13.0. The van der Waals surface area contributed by atoms with E-state index < -0.39 is 97.5 Å². The van der Waals surface area contributed by atoms with E-state index in [0.717, 1.165) is 108 Å². The van der Waals surface area contributed by atoms with Crippen LogP contribution in [0.2, 0.25) is 0 Å². The molecular formula is C66H128O17P2. The van der Waals surface area contributed by atoms with Crippen molar-refractivity contribution in [3.63, 3.8) is 0 Å². The van der Waals surface area contributed by atoms with Crippen molar-refractivity contribution in [1.82, 2.24) is 0 Å². The standard InChI is InChI=1S/C66H128O17P2/c1-56(2)42-34-26-18-13-11-9-10-12-14-22-32-40-48-65(70)82-61(52-76-63(68)46-38-30-21-16-15-19-27-35-43-57(3)4)54-80-84(72,73)78-50-60(67)51-79-85(74,75)81-55-62(53-77-64(69)47-39-31-25-24-29-37-45-59(7)8)83-66(71)49-41-33-23-17-20-28-36-44-58(5)6/h56-62,67H,9-55H2,1-8H3,(H,72,73)(H,74,75)/t60-,61-,62-/m1/s1. The molecule has 504 valence electrons. The first-order chi connectivity index (χ1) is 40.6. The number of phosphoric ester groups is 2. The Labute approximate surface area is 517 Å². The molecule has 2 unspecified atom stereocenters. The molecule has 0 aliphatic carbocycles. The van der Waals surface area contributed by atoms with Gasteiger partial charge in [-0.15, -0.1) is 0 Å². The maximum absolute atomic E-state index is 13.0. The van der Waals surface area contributed by atoms with Gasteiger partial charge < -0.3 is 33.8 Å². The fourth-order valence-electron chi connectivity index (χ4n) is 9.78. The number of hydrogen-bond donors (Lipinski definition) is 3. The fourth-order valence-corrected chi connectivity index (χ4v) is 11.4. The Bertz CT molecular complexity index is 1700. The van der Waals surface area contributed by atoms with Crippen LogP contribution in [0.4, 0.5) is 0 Å². The third-order valence-electron chi connectivity index (χ3n) is 15.1. The number of aliphatic hydroxyl groups excluding tert-OH is 1. The van der Waals surface area contributed by atoms with Gasteiger partial charge in [0.25, 0.3) is 0 Å². The number of carbonyl (C=O) groups is 4. The minimum atomic E-state index is -4.95. The van der Waals surface area contributed by atoms with Gasteiger partial charge in [-0.05, 0) is 49.4 Å². The summed E-state index contributed by atoms with van der Waals surface area (Å²) in [5, 5.41) is 10.5. The van der Waals surface area contributed by atoms with E-state index in [4.69, 9.17) is 37.0 Å². The predicted octanol–water partition coefficient (Wildman–Crippen LogP) is 18.1. The van der Waals surface area contributed by atoms with Crippen molar-refractivity contribution in [3.05, 3.63) is 0 Å². The summed E-state index contributed by atoms with van der Waals surface area (Å²) >= 11 is 0. The molecule has 0 saturated heterocycles. The summed E-state index contributed by atoms with van der Waals surface area (Å²) in [4.78, 5) is 72.3. The Morgan fingerprint density at radius 1 is 0.294 bits per heavy atom. The average molecular weight is 1260 g/mol. The Morgan fingerprint density at radius 2 is 0.494 bits per heavy atom. The summed E-state index contributed by atoms with van der Waals surface area (Å²) in [7, 11) is -9.89. The third kappa shape index (κ3) is 60.7. The fraction of sp³-hybridized carbons (Fsp3) is 0.939. The van der Waals surface area contributed by atoms with E-state index in [1.54, 1.807) is 0 Å². The smallest absolute Gasteiger partial charge is 0.462 e. The van der Waals surface area contributed by atoms with Gasteiger partial charge in [-0.25, -0.2) is 9.13 Å². The highest BCUT2D eigenvalue weighted by Gasteiger charge is 2.30. The topological polar surface area (TPSA) is 237 Å². The molecule has 19 heteroatoms. The Balaban J connectivity index is 5.24. The second-order valence-electron chi connectivity index (χ2n) is 25.8. The summed E-state index contributed by atoms with van der Waals surface area (Å²) < 4.78 is 68.0. The number of phosphoric acid groups is 2. The van der Waals surface area contributed by atoms with Crippen LogP contribution in [0.25, 0.3) is 0 Å². The van der Waals surface area contributed by atoms with Crippen LogP contribution in [0.5, 0.6) is 0 Å². The maximum Gasteiger partial charge on any atom is 0.472 e. The molecule has 3 N–H and O–H groups in total. The van der Waals surface area contributed by atoms with Crippen LogP contribution >= 0.6 is 15.6 Å².